The van der Waals surface area contributed by atoms with E-state index in [0.29, 0.717) is 17.5 Å². The Bertz CT molecular complexity index is 313. The first-order chi connectivity index (χ1) is 6.58. The quantitative estimate of drug-likeness (QED) is 0.803. The lowest BCUT2D eigenvalue weighted by atomic mass is 10.3. The van der Waals surface area contributed by atoms with E-state index < -0.39 is 5.97 Å². The molecule has 1 heterocycles. The van der Waals surface area contributed by atoms with Crippen LogP contribution in [0.25, 0.3) is 0 Å². The van der Waals surface area contributed by atoms with E-state index in [-0.39, 0.29) is 11.7 Å². The van der Waals surface area contributed by atoms with Gasteiger partial charge in [-0.15, -0.1) is 11.8 Å². The Balaban J connectivity index is 2.30. The Kier molecular flexibility index (Phi) is 3.94. The van der Waals surface area contributed by atoms with Gasteiger partial charge >= 0.3 is 5.97 Å². The van der Waals surface area contributed by atoms with Gasteiger partial charge in [0.25, 0.3) is 0 Å². The molecule has 0 aromatic carbocycles. The third kappa shape index (κ3) is 3.78. The minimum atomic E-state index is -0.783. The van der Waals surface area contributed by atoms with Gasteiger partial charge in [0.2, 0.25) is 5.89 Å². The SMILES string of the molecule is Cc1nc(CSC(C)CC(=O)O)no1. The van der Waals surface area contributed by atoms with E-state index in [1.54, 1.807) is 6.92 Å². The van der Waals surface area contributed by atoms with Crippen LogP contribution in [0.15, 0.2) is 4.52 Å². The normalized spacial score (nSPS) is 12.7. The van der Waals surface area contributed by atoms with Crippen LogP contribution in [0.3, 0.4) is 0 Å². The first-order valence-electron chi connectivity index (χ1n) is 4.20. The summed E-state index contributed by atoms with van der Waals surface area (Å²) in [6, 6.07) is 0. The molecule has 1 unspecified atom stereocenters. The van der Waals surface area contributed by atoms with E-state index in [2.05, 4.69) is 10.1 Å². The number of thioether (sulfide) groups is 1. The predicted octanol–water partition coefficient (Wildman–Crippen LogP) is 1.47. The Morgan fingerprint density at radius 2 is 2.43 bits per heavy atom. The summed E-state index contributed by atoms with van der Waals surface area (Å²) in [6.07, 6.45) is 0.154. The first kappa shape index (κ1) is 11.0. The van der Waals surface area contributed by atoms with Crippen LogP contribution in [0.2, 0.25) is 0 Å². The summed E-state index contributed by atoms with van der Waals surface area (Å²) in [7, 11) is 0. The van der Waals surface area contributed by atoms with E-state index in [0.717, 1.165) is 0 Å². The zero-order chi connectivity index (χ0) is 10.6. The minimum Gasteiger partial charge on any atom is -0.481 e. The van der Waals surface area contributed by atoms with E-state index in [4.69, 9.17) is 9.63 Å². The Morgan fingerprint density at radius 3 is 2.93 bits per heavy atom. The molecule has 0 radical (unpaired) electrons. The third-order valence-corrected chi connectivity index (χ3v) is 2.69. The molecule has 5 nitrogen and oxygen atoms in total. The fourth-order valence-corrected chi connectivity index (χ4v) is 1.73. The monoisotopic (exact) mass is 216 g/mol. The average Bonchev–Trinajstić information content (AvgIpc) is 2.47. The number of nitrogens with zero attached hydrogens (tertiary/aromatic N) is 2. The molecule has 1 rings (SSSR count). The number of aliphatic carboxylic acids is 1. The van der Waals surface area contributed by atoms with Crippen molar-refractivity contribution >= 4 is 17.7 Å². The molecule has 0 aliphatic heterocycles. The maximum atomic E-state index is 10.4. The van der Waals surface area contributed by atoms with Crippen molar-refractivity contribution in [1.29, 1.82) is 0 Å². The molecule has 0 spiro atoms. The lowest BCUT2D eigenvalue weighted by molar-refractivity contribution is -0.136. The maximum Gasteiger partial charge on any atom is 0.304 e. The highest BCUT2D eigenvalue weighted by Gasteiger charge is 2.10. The van der Waals surface area contributed by atoms with Crippen molar-refractivity contribution < 1.29 is 14.4 Å². The highest BCUT2D eigenvalue weighted by Crippen LogP contribution is 2.18. The highest BCUT2D eigenvalue weighted by molar-refractivity contribution is 7.99. The van der Waals surface area contributed by atoms with Crippen LogP contribution < -0.4 is 0 Å². The smallest absolute Gasteiger partial charge is 0.304 e. The molecule has 1 N–H and O–H groups in total. The second kappa shape index (κ2) is 4.99. The molecule has 78 valence electrons. The first-order valence-corrected chi connectivity index (χ1v) is 5.25. The second-order valence-corrected chi connectivity index (χ2v) is 4.38. The van der Waals surface area contributed by atoms with Gasteiger partial charge in [-0.3, -0.25) is 4.79 Å². The summed E-state index contributed by atoms with van der Waals surface area (Å²) in [5.74, 6) is 0.955. The van der Waals surface area contributed by atoms with Crippen LogP contribution in [-0.2, 0) is 10.5 Å². The van der Waals surface area contributed by atoms with Crippen LogP contribution in [0.5, 0.6) is 0 Å². The molecule has 0 fully saturated rings. The van der Waals surface area contributed by atoms with Gasteiger partial charge in [-0.2, -0.15) is 4.98 Å². The van der Waals surface area contributed by atoms with Crippen LogP contribution >= 0.6 is 11.8 Å². The van der Waals surface area contributed by atoms with Gasteiger partial charge in [0, 0.05) is 12.2 Å². The van der Waals surface area contributed by atoms with Crippen molar-refractivity contribution in [2.75, 3.05) is 0 Å². The van der Waals surface area contributed by atoms with E-state index in [1.165, 1.54) is 11.8 Å². The number of aryl methyl sites for hydroxylation is 1. The zero-order valence-electron chi connectivity index (χ0n) is 8.06. The van der Waals surface area contributed by atoms with Crippen LogP contribution in [-0.4, -0.2) is 26.5 Å². The molecular formula is C8H12N2O3S. The van der Waals surface area contributed by atoms with Gasteiger partial charge in [0.05, 0.1) is 12.2 Å². The standard InChI is InChI=1S/C8H12N2O3S/c1-5(3-8(11)12)14-4-7-9-6(2)13-10-7/h5H,3-4H2,1-2H3,(H,11,12). The fourth-order valence-electron chi connectivity index (χ4n) is 0.922. The molecule has 14 heavy (non-hydrogen) atoms. The molecule has 0 bridgehead atoms. The predicted molar refractivity (Wildman–Crippen MR) is 52.0 cm³/mol. The highest BCUT2D eigenvalue weighted by atomic mass is 32.2. The van der Waals surface area contributed by atoms with E-state index >= 15 is 0 Å². The van der Waals surface area contributed by atoms with Crippen molar-refractivity contribution in [2.45, 2.75) is 31.3 Å². The summed E-state index contributed by atoms with van der Waals surface area (Å²) in [5.41, 5.74) is 0. The van der Waals surface area contributed by atoms with Gasteiger partial charge in [-0.25, -0.2) is 0 Å². The zero-order valence-corrected chi connectivity index (χ0v) is 8.87. The molecule has 1 aromatic rings. The number of carboxylic acid groups (broad SMARTS) is 1. The van der Waals surface area contributed by atoms with Gasteiger partial charge in [0.1, 0.15) is 0 Å². The summed E-state index contributed by atoms with van der Waals surface area (Å²) in [6.45, 7) is 3.59. The topological polar surface area (TPSA) is 76.2 Å². The number of hydrogen-bond donors (Lipinski definition) is 1. The summed E-state index contributed by atoms with van der Waals surface area (Å²) < 4.78 is 4.79. The molecule has 0 saturated heterocycles. The number of hydrogen-bond acceptors (Lipinski definition) is 5. The number of carbonyl (C=O) groups is 1. The average molecular weight is 216 g/mol. The molecule has 0 aliphatic carbocycles. The molecule has 1 aromatic heterocycles. The molecule has 6 heteroatoms. The maximum absolute atomic E-state index is 10.4. The Hall–Kier alpha value is -1.04. The number of aromatic nitrogens is 2. The Morgan fingerprint density at radius 1 is 1.71 bits per heavy atom. The van der Waals surface area contributed by atoms with Gasteiger partial charge in [-0.05, 0) is 0 Å². The Labute approximate surface area is 85.9 Å². The molecule has 0 amide bonds. The van der Waals surface area contributed by atoms with Gasteiger partial charge in [-0.1, -0.05) is 12.1 Å². The van der Waals surface area contributed by atoms with E-state index in [1.807, 2.05) is 6.92 Å². The number of rotatable bonds is 5. The van der Waals surface area contributed by atoms with Crippen molar-refractivity contribution in [3.63, 3.8) is 0 Å². The van der Waals surface area contributed by atoms with Crippen molar-refractivity contribution in [1.82, 2.24) is 10.1 Å². The second-order valence-electron chi connectivity index (χ2n) is 2.95. The van der Waals surface area contributed by atoms with Crippen LogP contribution in [0, 0.1) is 6.92 Å². The molecule has 1 atom stereocenters. The minimum absolute atomic E-state index is 0.0614. The number of carboxylic acids is 1. The lowest BCUT2D eigenvalue weighted by Gasteiger charge is -2.05. The van der Waals surface area contributed by atoms with E-state index in [9.17, 15) is 4.79 Å². The van der Waals surface area contributed by atoms with Crippen LogP contribution in [0.1, 0.15) is 25.1 Å². The van der Waals surface area contributed by atoms with Gasteiger partial charge in [0.15, 0.2) is 5.82 Å². The summed E-state index contributed by atoms with van der Waals surface area (Å²) in [5, 5.41) is 12.3. The van der Waals surface area contributed by atoms with Gasteiger partial charge < -0.3 is 9.63 Å². The lowest BCUT2D eigenvalue weighted by Crippen LogP contribution is -2.06. The molecule has 0 aliphatic rings. The molecular weight excluding hydrogens is 204 g/mol. The summed E-state index contributed by atoms with van der Waals surface area (Å²) >= 11 is 1.51. The van der Waals surface area contributed by atoms with Crippen molar-refractivity contribution in [3.05, 3.63) is 11.7 Å². The largest absolute Gasteiger partial charge is 0.481 e. The van der Waals surface area contributed by atoms with Crippen molar-refractivity contribution in [2.24, 2.45) is 0 Å². The van der Waals surface area contributed by atoms with Crippen molar-refractivity contribution in [3.8, 4) is 0 Å². The third-order valence-electron chi connectivity index (χ3n) is 1.53. The fraction of sp³-hybridized carbons (Fsp3) is 0.625. The van der Waals surface area contributed by atoms with Crippen LogP contribution in [0.4, 0.5) is 0 Å². The summed E-state index contributed by atoms with van der Waals surface area (Å²) in [4.78, 5) is 14.4. The molecule has 0 saturated carbocycles.